The van der Waals surface area contributed by atoms with Crippen molar-refractivity contribution < 1.29 is 24.1 Å². The number of methoxy groups -OCH3 is 3. The third kappa shape index (κ3) is 5.62. The van der Waals surface area contributed by atoms with Gasteiger partial charge in [0.15, 0.2) is 23.0 Å². The van der Waals surface area contributed by atoms with Crippen molar-refractivity contribution in [2.24, 2.45) is 0 Å². The highest BCUT2D eigenvalue weighted by Gasteiger charge is 2.19. The second-order valence-electron chi connectivity index (χ2n) is 7.47. The molecule has 168 valence electrons. The van der Waals surface area contributed by atoms with Crippen LogP contribution in [0.4, 0.5) is 0 Å². The average molecular weight is 493 g/mol. The molecule has 0 spiro atoms. The van der Waals surface area contributed by atoms with Crippen molar-refractivity contribution in [3.8, 4) is 23.0 Å². The molecule has 0 saturated heterocycles. The maximum atomic E-state index is 12.4. The highest BCUT2D eigenvalue weighted by Crippen LogP contribution is 2.34. The van der Waals surface area contributed by atoms with Crippen LogP contribution >= 0.6 is 15.9 Å². The number of aromatic hydroxyl groups is 1. The SMILES string of the molecule is COc1cc2c(cc1OC)CN(CCCCNC(=O)c1cc(Br)cc(OC)c1O)CC2. The number of halogens is 1. The Morgan fingerprint density at radius 1 is 1.03 bits per heavy atom. The number of amides is 1. The summed E-state index contributed by atoms with van der Waals surface area (Å²) in [7, 11) is 4.77. The zero-order chi connectivity index (χ0) is 22.4. The van der Waals surface area contributed by atoms with Crippen LogP contribution in [-0.4, -0.2) is 56.9 Å². The van der Waals surface area contributed by atoms with Crippen LogP contribution in [0.2, 0.25) is 0 Å². The molecule has 0 bridgehead atoms. The van der Waals surface area contributed by atoms with Gasteiger partial charge in [0.25, 0.3) is 5.91 Å². The van der Waals surface area contributed by atoms with Crippen LogP contribution in [0.5, 0.6) is 23.0 Å². The van der Waals surface area contributed by atoms with Crippen LogP contribution < -0.4 is 19.5 Å². The molecule has 0 atom stereocenters. The fourth-order valence-electron chi connectivity index (χ4n) is 3.79. The maximum Gasteiger partial charge on any atom is 0.255 e. The van der Waals surface area contributed by atoms with Crippen LogP contribution in [0.1, 0.15) is 34.3 Å². The van der Waals surface area contributed by atoms with Crippen molar-refractivity contribution >= 4 is 21.8 Å². The van der Waals surface area contributed by atoms with Crippen LogP contribution in [0.3, 0.4) is 0 Å². The van der Waals surface area contributed by atoms with Crippen molar-refractivity contribution in [1.29, 1.82) is 0 Å². The van der Waals surface area contributed by atoms with E-state index in [1.807, 2.05) is 0 Å². The summed E-state index contributed by atoms with van der Waals surface area (Å²) in [5.41, 5.74) is 2.78. The molecule has 8 heteroatoms. The lowest BCUT2D eigenvalue weighted by molar-refractivity contribution is 0.0949. The van der Waals surface area contributed by atoms with Crippen LogP contribution in [0.25, 0.3) is 0 Å². The van der Waals surface area contributed by atoms with E-state index in [0.29, 0.717) is 11.0 Å². The molecule has 1 heterocycles. The molecule has 0 saturated carbocycles. The average Bonchev–Trinajstić information content (AvgIpc) is 2.78. The molecule has 7 nitrogen and oxygen atoms in total. The van der Waals surface area contributed by atoms with Crippen LogP contribution in [-0.2, 0) is 13.0 Å². The van der Waals surface area contributed by atoms with Crippen LogP contribution in [0, 0.1) is 0 Å². The lowest BCUT2D eigenvalue weighted by Gasteiger charge is -2.29. The summed E-state index contributed by atoms with van der Waals surface area (Å²) in [6, 6.07) is 7.35. The number of phenols is 1. The minimum absolute atomic E-state index is 0.151. The number of nitrogens with zero attached hydrogens (tertiary/aromatic N) is 1. The monoisotopic (exact) mass is 492 g/mol. The van der Waals surface area contributed by atoms with E-state index in [1.165, 1.54) is 18.2 Å². The van der Waals surface area contributed by atoms with Gasteiger partial charge in [-0.3, -0.25) is 9.69 Å². The van der Waals surface area contributed by atoms with Gasteiger partial charge in [-0.1, -0.05) is 15.9 Å². The second-order valence-corrected chi connectivity index (χ2v) is 8.38. The number of carbonyl (C=O) groups excluding carboxylic acids is 1. The van der Waals surface area contributed by atoms with E-state index in [2.05, 4.69) is 38.3 Å². The number of nitrogens with one attached hydrogen (secondary N) is 1. The Bertz CT molecular complexity index is 935. The Labute approximate surface area is 191 Å². The Kier molecular flexibility index (Phi) is 8.03. The molecule has 1 amide bonds. The number of benzene rings is 2. The Hall–Kier alpha value is -2.45. The van der Waals surface area contributed by atoms with Crippen molar-refractivity contribution in [2.75, 3.05) is 41.0 Å². The first-order chi connectivity index (χ1) is 15.0. The Morgan fingerprint density at radius 2 is 1.71 bits per heavy atom. The summed E-state index contributed by atoms with van der Waals surface area (Å²) in [6.07, 6.45) is 2.81. The van der Waals surface area contributed by atoms with Gasteiger partial charge in [0.1, 0.15) is 0 Å². The molecule has 2 aromatic carbocycles. The van der Waals surface area contributed by atoms with Gasteiger partial charge < -0.3 is 24.6 Å². The normalized spacial score (nSPS) is 13.4. The van der Waals surface area contributed by atoms with E-state index in [9.17, 15) is 9.90 Å². The number of rotatable bonds is 9. The van der Waals surface area contributed by atoms with Crippen molar-refractivity contribution in [2.45, 2.75) is 25.8 Å². The summed E-state index contributed by atoms with van der Waals surface area (Å²) >= 11 is 3.33. The second kappa shape index (κ2) is 10.7. The summed E-state index contributed by atoms with van der Waals surface area (Å²) in [4.78, 5) is 14.8. The zero-order valence-corrected chi connectivity index (χ0v) is 19.8. The third-order valence-corrected chi connectivity index (χ3v) is 5.95. The van der Waals surface area contributed by atoms with Gasteiger partial charge in [-0.15, -0.1) is 0 Å². The molecule has 2 aromatic rings. The number of hydrogen-bond acceptors (Lipinski definition) is 6. The standard InChI is InChI=1S/C23H29BrN2O5/c1-29-19-10-15-6-9-26(14-16(15)11-20(19)30-2)8-5-4-7-25-23(28)18-12-17(24)13-21(31-3)22(18)27/h10-13,27H,4-9,14H2,1-3H3,(H,25,28). The predicted molar refractivity (Wildman–Crippen MR) is 122 cm³/mol. The highest BCUT2D eigenvalue weighted by molar-refractivity contribution is 9.10. The Balaban J connectivity index is 1.46. The molecule has 1 aliphatic rings. The molecular formula is C23H29BrN2O5. The summed E-state index contributed by atoms with van der Waals surface area (Å²) in [5, 5.41) is 13.1. The molecular weight excluding hydrogens is 464 g/mol. The molecule has 0 radical (unpaired) electrons. The van der Waals surface area contributed by atoms with Gasteiger partial charge in [0.2, 0.25) is 0 Å². The first-order valence-electron chi connectivity index (χ1n) is 10.3. The van der Waals surface area contributed by atoms with Gasteiger partial charge in [-0.2, -0.15) is 0 Å². The first kappa shape index (κ1) is 23.2. The van der Waals surface area contributed by atoms with Crippen LogP contribution in [0.15, 0.2) is 28.7 Å². The molecule has 31 heavy (non-hydrogen) atoms. The van der Waals surface area contributed by atoms with Gasteiger partial charge in [0.05, 0.1) is 26.9 Å². The number of hydrogen-bond donors (Lipinski definition) is 2. The van der Waals surface area contributed by atoms with Crippen molar-refractivity contribution in [3.63, 3.8) is 0 Å². The molecule has 0 aliphatic carbocycles. The van der Waals surface area contributed by atoms with Crippen molar-refractivity contribution in [3.05, 3.63) is 45.4 Å². The van der Waals surface area contributed by atoms with E-state index in [4.69, 9.17) is 14.2 Å². The lowest BCUT2D eigenvalue weighted by Crippen LogP contribution is -2.32. The topological polar surface area (TPSA) is 80.3 Å². The number of unbranched alkanes of at least 4 members (excludes halogenated alkanes) is 1. The van der Waals surface area contributed by atoms with E-state index in [1.54, 1.807) is 26.4 Å². The van der Waals surface area contributed by atoms with Gasteiger partial charge in [-0.25, -0.2) is 0 Å². The number of carbonyl (C=O) groups is 1. The largest absolute Gasteiger partial charge is 0.504 e. The third-order valence-electron chi connectivity index (χ3n) is 5.49. The molecule has 0 fully saturated rings. The first-order valence-corrected chi connectivity index (χ1v) is 11.1. The minimum atomic E-state index is -0.315. The maximum absolute atomic E-state index is 12.4. The molecule has 1 aliphatic heterocycles. The highest BCUT2D eigenvalue weighted by atomic mass is 79.9. The Morgan fingerprint density at radius 3 is 2.39 bits per heavy atom. The number of phenolic OH excluding ortho intramolecular Hbond substituents is 1. The van der Waals surface area contributed by atoms with E-state index >= 15 is 0 Å². The molecule has 3 rings (SSSR count). The molecule has 2 N–H and O–H groups in total. The van der Waals surface area contributed by atoms with E-state index in [0.717, 1.165) is 50.4 Å². The van der Waals surface area contributed by atoms with E-state index in [-0.39, 0.29) is 23.0 Å². The van der Waals surface area contributed by atoms with Crippen molar-refractivity contribution in [1.82, 2.24) is 10.2 Å². The van der Waals surface area contributed by atoms with Gasteiger partial charge in [0, 0.05) is 24.1 Å². The van der Waals surface area contributed by atoms with E-state index < -0.39 is 0 Å². The minimum Gasteiger partial charge on any atom is -0.504 e. The van der Waals surface area contributed by atoms with Gasteiger partial charge in [-0.05, 0) is 61.2 Å². The number of ether oxygens (including phenoxy) is 3. The fraction of sp³-hybridized carbons (Fsp3) is 0.435. The predicted octanol–water partition coefficient (Wildman–Crippen LogP) is 3.75. The zero-order valence-electron chi connectivity index (χ0n) is 18.2. The summed E-state index contributed by atoms with van der Waals surface area (Å²) < 4.78 is 16.6. The smallest absolute Gasteiger partial charge is 0.255 e. The summed E-state index contributed by atoms with van der Waals surface area (Å²) in [6.45, 7) is 3.39. The number of fused-ring (bicyclic) bond motifs is 1. The fourth-order valence-corrected chi connectivity index (χ4v) is 4.23. The lowest BCUT2D eigenvalue weighted by atomic mass is 9.98. The summed E-state index contributed by atoms with van der Waals surface area (Å²) in [5.74, 6) is 1.34. The molecule has 0 unspecified atom stereocenters. The molecule has 0 aromatic heterocycles. The quantitative estimate of drug-likeness (QED) is 0.518. The van der Waals surface area contributed by atoms with Gasteiger partial charge >= 0.3 is 0 Å².